The Labute approximate surface area is 267 Å². The van der Waals surface area contributed by atoms with Crippen LogP contribution < -0.4 is 5.32 Å². The summed E-state index contributed by atoms with van der Waals surface area (Å²) in [7, 11) is 0. The van der Waals surface area contributed by atoms with Crippen molar-refractivity contribution in [2.75, 3.05) is 26.2 Å². The molecule has 4 aliphatic heterocycles. The average molecular weight is 629 g/mol. The summed E-state index contributed by atoms with van der Waals surface area (Å²) in [6, 6.07) is 12.2. The number of halogens is 1. The van der Waals surface area contributed by atoms with Crippen LogP contribution in [0.15, 0.2) is 48.0 Å². The Kier molecular flexibility index (Phi) is 7.34. The van der Waals surface area contributed by atoms with E-state index in [0.29, 0.717) is 54.3 Å². The number of carbonyl (C=O) groups is 5. The molecule has 1 aliphatic carbocycles. The van der Waals surface area contributed by atoms with Gasteiger partial charge in [0.1, 0.15) is 6.04 Å². The van der Waals surface area contributed by atoms with Gasteiger partial charge in [-0.05, 0) is 78.1 Å². The smallest absolute Gasteiger partial charge is 0.255 e. The number of hydrogen-bond donors (Lipinski definition) is 1. The summed E-state index contributed by atoms with van der Waals surface area (Å²) in [6.07, 6.45) is 3.05. The van der Waals surface area contributed by atoms with E-state index in [9.17, 15) is 24.0 Å². The monoisotopic (exact) mass is 628 g/mol. The number of fused-ring (bicyclic) bond motifs is 2. The maximum atomic E-state index is 13.9. The highest BCUT2D eigenvalue weighted by Crippen LogP contribution is 2.44. The number of carbonyl (C=O) groups excluding carboxylic acids is 5. The Balaban J connectivity index is 1.02. The molecule has 234 valence electrons. The lowest BCUT2D eigenvalue weighted by Gasteiger charge is -2.34. The minimum atomic E-state index is -0.691. The van der Waals surface area contributed by atoms with Gasteiger partial charge in [-0.25, -0.2) is 0 Å². The Hall–Kier alpha value is -3.98. The van der Waals surface area contributed by atoms with Gasteiger partial charge in [0, 0.05) is 72.7 Å². The Bertz CT molecular complexity index is 1650. The topological polar surface area (TPSA) is 107 Å². The molecular formula is C35H37ClN4O5. The van der Waals surface area contributed by atoms with Crippen molar-refractivity contribution in [3.05, 3.63) is 75.3 Å². The molecule has 4 heterocycles. The predicted molar refractivity (Wildman–Crippen MR) is 168 cm³/mol. The molecule has 5 amide bonds. The highest BCUT2D eigenvalue weighted by atomic mass is 35.5. The molecule has 3 saturated heterocycles. The van der Waals surface area contributed by atoms with Crippen LogP contribution in [0.25, 0.3) is 5.57 Å². The molecule has 3 atom stereocenters. The van der Waals surface area contributed by atoms with E-state index in [1.165, 1.54) is 4.90 Å². The number of amides is 5. The normalized spacial score (nSPS) is 25.9. The molecule has 2 aromatic rings. The first kappa shape index (κ1) is 29.7. The van der Waals surface area contributed by atoms with E-state index in [1.807, 2.05) is 34.1 Å². The van der Waals surface area contributed by atoms with Gasteiger partial charge in [0.05, 0.1) is 0 Å². The lowest BCUT2D eigenvalue weighted by molar-refractivity contribution is -0.137. The van der Waals surface area contributed by atoms with Gasteiger partial charge in [-0.2, -0.15) is 0 Å². The number of allylic oxidation sites excluding steroid dienone is 1. The molecule has 10 heteroatoms. The van der Waals surface area contributed by atoms with E-state index in [2.05, 4.69) is 19.2 Å². The van der Waals surface area contributed by atoms with Crippen molar-refractivity contribution >= 4 is 46.7 Å². The molecule has 0 bridgehead atoms. The van der Waals surface area contributed by atoms with Crippen molar-refractivity contribution < 1.29 is 24.0 Å². The lowest BCUT2D eigenvalue weighted by Crippen LogP contribution is -2.52. The fraction of sp³-hybridized carbons (Fsp3) is 0.457. The van der Waals surface area contributed by atoms with Gasteiger partial charge in [0.25, 0.3) is 11.8 Å². The first-order chi connectivity index (χ1) is 21.5. The second-order valence-corrected chi connectivity index (χ2v) is 14.5. The van der Waals surface area contributed by atoms with E-state index in [0.717, 1.165) is 36.0 Å². The SMILES string of the molecule is CC1(C)CCC(C(=O)N2CC3CN(C(=O)c4ccc5c(c4)CN(C4CCC(=O)NC4=O)C5=O)CC3C2)=C(c2ccc(Cl)cc2)C1. The summed E-state index contributed by atoms with van der Waals surface area (Å²) >= 11 is 6.15. The van der Waals surface area contributed by atoms with Gasteiger partial charge in [0.2, 0.25) is 17.7 Å². The van der Waals surface area contributed by atoms with Crippen LogP contribution in [0.5, 0.6) is 0 Å². The number of rotatable bonds is 4. The highest BCUT2D eigenvalue weighted by Gasteiger charge is 2.45. The molecular weight excluding hydrogens is 592 g/mol. The van der Waals surface area contributed by atoms with Gasteiger partial charge >= 0.3 is 0 Å². The predicted octanol–water partition coefficient (Wildman–Crippen LogP) is 4.30. The number of likely N-dealkylation sites (tertiary alicyclic amines) is 2. The maximum Gasteiger partial charge on any atom is 0.255 e. The molecule has 1 N–H and O–H groups in total. The first-order valence-electron chi connectivity index (χ1n) is 15.8. The third kappa shape index (κ3) is 5.45. The zero-order valence-corrected chi connectivity index (χ0v) is 26.4. The van der Waals surface area contributed by atoms with Crippen molar-refractivity contribution in [1.29, 1.82) is 0 Å². The van der Waals surface area contributed by atoms with Crippen LogP contribution in [0.2, 0.25) is 5.02 Å². The minimum absolute atomic E-state index is 0.0840. The third-order valence-electron chi connectivity index (χ3n) is 10.4. The molecule has 9 nitrogen and oxygen atoms in total. The summed E-state index contributed by atoms with van der Waals surface area (Å²) < 4.78 is 0. The summed E-state index contributed by atoms with van der Waals surface area (Å²) in [5.41, 5.74) is 4.92. The fourth-order valence-electron chi connectivity index (χ4n) is 7.86. The van der Waals surface area contributed by atoms with Crippen LogP contribution in [0.3, 0.4) is 0 Å². The number of piperidine rings is 1. The maximum absolute atomic E-state index is 13.9. The Morgan fingerprint density at radius 1 is 0.889 bits per heavy atom. The van der Waals surface area contributed by atoms with Crippen molar-refractivity contribution in [3.63, 3.8) is 0 Å². The van der Waals surface area contributed by atoms with Crippen LogP contribution in [0, 0.1) is 17.3 Å². The van der Waals surface area contributed by atoms with E-state index >= 15 is 0 Å². The number of benzene rings is 2. The third-order valence-corrected chi connectivity index (χ3v) is 10.6. The van der Waals surface area contributed by atoms with Crippen molar-refractivity contribution in [1.82, 2.24) is 20.0 Å². The van der Waals surface area contributed by atoms with Gasteiger partial charge in [0.15, 0.2) is 0 Å². The minimum Gasteiger partial charge on any atom is -0.338 e. The van der Waals surface area contributed by atoms with E-state index < -0.39 is 11.9 Å². The Morgan fingerprint density at radius 2 is 1.56 bits per heavy atom. The van der Waals surface area contributed by atoms with Crippen LogP contribution in [-0.2, 0) is 20.9 Å². The quantitative estimate of drug-likeness (QED) is 0.509. The number of nitrogens with one attached hydrogen (secondary N) is 1. The zero-order valence-electron chi connectivity index (χ0n) is 25.6. The van der Waals surface area contributed by atoms with Crippen LogP contribution >= 0.6 is 11.6 Å². The highest BCUT2D eigenvalue weighted by molar-refractivity contribution is 6.30. The summed E-state index contributed by atoms with van der Waals surface area (Å²) in [6.45, 7) is 7.17. The largest absolute Gasteiger partial charge is 0.338 e. The lowest BCUT2D eigenvalue weighted by atomic mass is 9.72. The van der Waals surface area contributed by atoms with Crippen molar-refractivity contribution in [2.45, 2.75) is 58.5 Å². The number of nitrogens with zero attached hydrogens (tertiary/aromatic N) is 3. The molecule has 0 saturated carbocycles. The van der Waals surface area contributed by atoms with Gasteiger partial charge in [-0.1, -0.05) is 37.6 Å². The average Bonchev–Trinajstić information content (AvgIpc) is 3.68. The number of imide groups is 1. The molecule has 7 rings (SSSR count). The van der Waals surface area contributed by atoms with Gasteiger partial charge < -0.3 is 14.7 Å². The molecule has 45 heavy (non-hydrogen) atoms. The summed E-state index contributed by atoms with van der Waals surface area (Å²) in [4.78, 5) is 69.9. The van der Waals surface area contributed by atoms with Crippen LogP contribution in [0.1, 0.15) is 77.8 Å². The van der Waals surface area contributed by atoms with E-state index in [1.54, 1.807) is 18.2 Å². The molecule has 3 unspecified atom stereocenters. The van der Waals surface area contributed by atoms with Crippen molar-refractivity contribution in [3.8, 4) is 0 Å². The summed E-state index contributed by atoms with van der Waals surface area (Å²) in [5.74, 6) is -0.563. The standard InChI is InChI=1S/C35H37ClN4O5/c1-35(2)12-11-27(28(14-35)20-3-6-25(36)7-4-20)33(44)39-17-23-15-38(16-24(23)18-39)32(43)21-5-8-26-22(13-21)19-40(34(26)45)29-9-10-30(41)37-31(29)42/h3-8,13,23-24,29H,9-12,14-19H2,1-2H3,(H,37,41,42). The van der Waals surface area contributed by atoms with Gasteiger partial charge in [-0.3, -0.25) is 29.3 Å². The molecule has 2 aromatic carbocycles. The van der Waals surface area contributed by atoms with E-state index in [-0.39, 0.29) is 53.8 Å². The van der Waals surface area contributed by atoms with Crippen LogP contribution in [0.4, 0.5) is 0 Å². The second kappa shape index (κ2) is 11.1. The first-order valence-corrected chi connectivity index (χ1v) is 16.2. The van der Waals surface area contributed by atoms with E-state index in [4.69, 9.17) is 11.6 Å². The molecule has 0 aromatic heterocycles. The second-order valence-electron chi connectivity index (χ2n) is 14.0. The number of hydrogen-bond acceptors (Lipinski definition) is 5. The molecule has 5 aliphatic rings. The zero-order chi connectivity index (χ0) is 31.6. The molecule has 3 fully saturated rings. The Morgan fingerprint density at radius 3 is 2.22 bits per heavy atom. The van der Waals surface area contributed by atoms with Gasteiger partial charge in [-0.15, -0.1) is 0 Å². The summed E-state index contributed by atoms with van der Waals surface area (Å²) in [5, 5.41) is 3.00. The molecule has 0 spiro atoms. The van der Waals surface area contributed by atoms with Crippen LogP contribution in [-0.4, -0.2) is 76.5 Å². The fourth-order valence-corrected chi connectivity index (χ4v) is 7.98. The van der Waals surface area contributed by atoms with Crippen molar-refractivity contribution in [2.24, 2.45) is 17.3 Å². The molecule has 0 radical (unpaired) electrons.